The van der Waals surface area contributed by atoms with Crippen molar-refractivity contribution in [3.8, 4) is 6.07 Å². The maximum atomic E-state index is 12.2. The van der Waals surface area contributed by atoms with Gasteiger partial charge in [-0.25, -0.2) is 0 Å². The second kappa shape index (κ2) is 5.29. The van der Waals surface area contributed by atoms with Gasteiger partial charge < -0.3 is 0 Å². The number of nitriles is 1. The first-order chi connectivity index (χ1) is 8.72. The van der Waals surface area contributed by atoms with Crippen LogP contribution >= 0.6 is 0 Å². The van der Waals surface area contributed by atoms with Gasteiger partial charge in [0.25, 0.3) is 0 Å². The van der Waals surface area contributed by atoms with Gasteiger partial charge in [-0.2, -0.15) is 5.26 Å². The van der Waals surface area contributed by atoms with E-state index in [1.807, 2.05) is 37.3 Å². The number of Topliss-reactive ketones (excluding diaryl/α,β-unsaturated/α-hetero) is 1. The molecule has 0 bridgehead atoms. The highest BCUT2D eigenvalue weighted by molar-refractivity contribution is 6.02. The molecule has 0 saturated heterocycles. The first-order valence-corrected chi connectivity index (χ1v) is 5.78. The standard InChI is InChI=1S/C16H13NO/c1-12-7-9-13(10-8-12)15(11-17)16(18)14-5-3-2-4-6-14/h2-10,15H,1H3. The fraction of sp³-hybridized carbons (Fsp3) is 0.125. The minimum atomic E-state index is -0.729. The summed E-state index contributed by atoms with van der Waals surface area (Å²) in [6, 6.07) is 18.5. The molecule has 0 aliphatic carbocycles. The predicted octanol–water partition coefficient (Wildman–Crippen LogP) is 3.49. The van der Waals surface area contributed by atoms with Crippen LogP contribution in [0.5, 0.6) is 0 Å². The Morgan fingerprint density at radius 3 is 2.22 bits per heavy atom. The normalized spacial score (nSPS) is 11.6. The molecule has 0 saturated carbocycles. The SMILES string of the molecule is Cc1ccc(C(C#N)C(=O)c2ccccc2)cc1. The monoisotopic (exact) mass is 235 g/mol. The molecule has 1 unspecified atom stereocenters. The first-order valence-electron chi connectivity index (χ1n) is 5.78. The second-order valence-corrected chi connectivity index (χ2v) is 4.20. The number of benzene rings is 2. The molecule has 2 nitrogen and oxygen atoms in total. The van der Waals surface area contributed by atoms with Crippen molar-refractivity contribution in [3.63, 3.8) is 0 Å². The largest absolute Gasteiger partial charge is 0.292 e. The van der Waals surface area contributed by atoms with Crippen molar-refractivity contribution in [3.05, 3.63) is 71.3 Å². The fourth-order valence-corrected chi connectivity index (χ4v) is 1.81. The van der Waals surface area contributed by atoms with E-state index in [1.165, 1.54) is 0 Å². The van der Waals surface area contributed by atoms with Crippen LogP contribution in [-0.2, 0) is 0 Å². The van der Waals surface area contributed by atoms with Crippen LogP contribution in [0, 0.1) is 18.3 Å². The molecule has 0 N–H and O–H groups in total. The molecule has 0 fully saturated rings. The quantitative estimate of drug-likeness (QED) is 0.764. The average Bonchev–Trinajstić information content (AvgIpc) is 2.42. The smallest absolute Gasteiger partial charge is 0.184 e. The van der Waals surface area contributed by atoms with E-state index in [0.29, 0.717) is 5.56 Å². The van der Waals surface area contributed by atoms with E-state index >= 15 is 0 Å². The summed E-state index contributed by atoms with van der Waals surface area (Å²) in [5.74, 6) is -0.880. The van der Waals surface area contributed by atoms with Crippen molar-refractivity contribution in [2.45, 2.75) is 12.8 Å². The molecule has 0 radical (unpaired) electrons. The van der Waals surface area contributed by atoms with Crippen LogP contribution in [-0.4, -0.2) is 5.78 Å². The molecule has 0 aliphatic rings. The molecule has 2 aromatic carbocycles. The van der Waals surface area contributed by atoms with E-state index in [9.17, 15) is 10.1 Å². The van der Waals surface area contributed by atoms with Crippen LogP contribution in [0.1, 0.15) is 27.4 Å². The molecule has 88 valence electrons. The van der Waals surface area contributed by atoms with Crippen LogP contribution in [0.4, 0.5) is 0 Å². The predicted molar refractivity (Wildman–Crippen MR) is 70.3 cm³/mol. The van der Waals surface area contributed by atoms with Crippen LogP contribution in [0.2, 0.25) is 0 Å². The molecule has 18 heavy (non-hydrogen) atoms. The van der Waals surface area contributed by atoms with E-state index < -0.39 is 5.92 Å². The van der Waals surface area contributed by atoms with E-state index in [-0.39, 0.29) is 5.78 Å². The van der Waals surface area contributed by atoms with Crippen molar-refractivity contribution in [2.75, 3.05) is 0 Å². The van der Waals surface area contributed by atoms with Crippen molar-refractivity contribution < 1.29 is 4.79 Å². The molecule has 2 aromatic rings. The van der Waals surface area contributed by atoms with Gasteiger partial charge in [0.05, 0.1) is 6.07 Å². The average molecular weight is 235 g/mol. The van der Waals surface area contributed by atoms with Gasteiger partial charge in [-0.1, -0.05) is 60.2 Å². The molecule has 0 aromatic heterocycles. The molecular weight excluding hydrogens is 222 g/mol. The highest BCUT2D eigenvalue weighted by Gasteiger charge is 2.21. The summed E-state index contributed by atoms with van der Waals surface area (Å²) in [5.41, 5.74) is 2.43. The third-order valence-electron chi connectivity index (χ3n) is 2.86. The van der Waals surface area contributed by atoms with Gasteiger partial charge in [0, 0.05) is 5.56 Å². The van der Waals surface area contributed by atoms with Gasteiger partial charge in [-0.05, 0) is 12.5 Å². The van der Waals surface area contributed by atoms with Gasteiger partial charge in [-0.15, -0.1) is 0 Å². The number of ketones is 1. The minimum absolute atomic E-state index is 0.151. The molecular formula is C16H13NO. The molecule has 0 aliphatic heterocycles. The van der Waals surface area contributed by atoms with Gasteiger partial charge in [0.1, 0.15) is 5.92 Å². The zero-order valence-corrected chi connectivity index (χ0v) is 10.1. The van der Waals surface area contributed by atoms with Crippen molar-refractivity contribution in [1.82, 2.24) is 0 Å². The van der Waals surface area contributed by atoms with Crippen LogP contribution in [0.15, 0.2) is 54.6 Å². The van der Waals surface area contributed by atoms with Crippen LogP contribution in [0.25, 0.3) is 0 Å². The second-order valence-electron chi connectivity index (χ2n) is 4.20. The Balaban J connectivity index is 2.33. The Bertz CT molecular complexity index is 579. The number of nitrogens with zero attached hydrogens (tertiary/aromatic N) is 1. The van der Waals surface area contributed by atoms with Gasteiger partial charge in [0.15, 0.2) is 5.78 Å². The van der Waals surface area contributed by atoms with E-state index in [0.717, 1.165) is 11.1 Å². The summed E-state index contributed by atoms with van der Waals surface area (Å²) in [6.07, 6.45) is 0. The Morgan fingerprint density at radius 1 is 1.06 bits per heavy atom. The molecule has 2 rings (SSSR count). The van der Waals surface area contributed by atoms with Crippen LogP contribution in [0.3, 0.4) is 0 Å². The van der Waals surface area contributed by atoms with Crippen molar-refractivity contribution in [2.24, 2.45) is 0 Å². The topological polar surface area (TPSA) is 40.9 Å². The lowest BCUT2D eigenvalue weighted by Crippen LogP contribution is -2.11. The lowest BCUT2D eigenvalue weighted by atomic mass is 9.91. The summed E-state index contributed by atoms with van der Waals surface area (Å²) in [7, 11) is 0. The van der Waals surface area contributed by atoms with Crippen LogP contribution < -0.4 is 0 Å². The number of hydrogen-bond donors (Lipinski definition) is 0. The van der Waals surface area contributed by atoms with E-state index in [2.05, 4.69) is 6.07 Å². The van der Waals surface area contributed by atoms with Crippen molar-refractivity contribution >= 4 is 5.78 Å². The summed E-state index contributed by atoms with van der Waals surface area (Å²) >= 11 is 0. The summed E-state index contributed by atoms with van der Waals surface area (Å²) in [4.78, 5) is 12.2. The number of hydrogen-bond acceptors (Lipinski definition) is 2. The Labute approximate surface area is 107 Å². The molecule has 0 spiro atoms. The maximum Gasteiger partial charge on any atom is 0.184 e. The Morgan fingerprint density at radius 2 is 1.67 bits per heavy atom. The van der Waals surface area contributed by atoms with Gasteiger partial charge in [-0.3, -0.25) is 4.79 Å². The number of rotatable bonds is 3. The third-order valence-corrected chi connectivity index (χ3v) is 2.86. The summed E-state index contributed by atoms with van der Waals surface area (Å²) < 4.78 is 0. The van der Waals surface area contributed by atoms with Crippen molar-refractivity contribution in [1.29, 1.82) is 5.26 Å². The highest BCUT2D eigenvalue weighted by atomic mass is 16.1. The van der Waals surface area contributed by atoms with E-state index in [1.54, 1.807) is 24.3 Å². The number of carbonyl (C=O) groups is 1. The Hall–Kier alpha value is -2.40. The van der Waals surface area contributed by atoms with Gasteiger partial charge >= 0.3 is 0 Å². The highest BCUT2D eigenvalue weighted by Crippen LogP contribution is 2.20. The zero-order valence-electron chi connectivity index (χ0n) is 10.1. The number of aryl methyl sites for hydroxylation is 1. The molecule has 2 heteroatoms. The number of carbonyl (C=O) groups excluding carboxylic acids is 1. The Kier molecular flexibility index (Phi) is 3.54. The molecule has 1 atom stereocenters. The minimum Gasteiger partial charge on any atom is -0.292 e. The molecule has 0 heterocycles. The van der Waals surface area contributed by atoms with Gasteiger partial charge in [0.2, 0.25) is 0 Å². The first kappa shape index (κ1) is 12.1. The summed E-state index contributed by atoms with van der Waals surface area (Å²) in [5, 5.41) is 9.21. The fourth-order valence-electron chi connectivity index (χ4n) is 1.81. The lowest BCUT2D eigenvalue weighted by Gasteiger charge is -2.08. The summed E-state index contributed by atoms with van der Waals surface area (Å²) in [6.45, 7) is 1.98. The molecule has 0 amide bonds. The third kappa shape index (κ3) is 2.46. The maximum absolute atomic E-state index is 12.2. The lowest BCUT2D eigenvalue weighted by molar-refractivity contribution is 0.0979. The zero-order chi connectivity index (χ0) is 13.0. The van der Waals surface area contributed by atoms with E-state index in [4.69, 9.17) is 0 Å².